The summed E-state index contributed by atoms with van der Waals surface area (Å²) in [4.78, 5) is 12.4. The Kier molecular flexibility index (Phi) is 5.46. The Labute approximate surface area is 156 Å². The Morgan fingerprint density at radius 1 is 1.15 bits per heavy atom. The lowest BCUT2D eigenvalue weighted by atomic mass is 9.98. The minimum atomic E-state index is -0.699. The molecule has 8 heteroatoms. The summed E-state index contributed by atoms with van der Waals surface area (Å²) in [7, 11) is 0. The zero-order valence-corrected chi connectivity index (χ0v) is 15.1. The number of tetrazole rings is 1. The van der Waals surface area contributed by atoms with Crippen molar-refractivity contribution in [2.75, 3.05) is 5.32 Å². The summed E-state index contributed by atoms with van der Waals surface area (Å²) >= 11 is 0. The van der Waals surface area contributed by atoms with E-state index in [2.05, 4.69) is 25.9 Å². The average molecular weight is 367 g/mol. The Morgan fingerprint density at radius 3 is 2.44 bits per heavy atom. The first kappa shape index (κ1) is 18.5. The van der Waals surface area contributed by atoms with Crippen LogP contribution < -0.4 is 10.1 Å². The van der Waals surface area contributed by atoms with Gasteiger partial charge in [-0.3, -0.25) is 4.79 Å². The Morgan fingerprint density at radius 2 is 1.85 bits per heavy atom. The molecule has 0 radical (unpaired) electrons. The molecular formula is C19H21N5O3. The molecule has 0 fully saturated rings. The molecule has 3 aromatic rings. The van der Waals surface area contributed by atoms with Gasteiger partial charge in [-0.2, -0.15) is 5.21 Å². The lowest BCUT2D eigenvalue weighted by molar-refractivity contribution is 0.0714. The highest BCUT2D eigenvalue weighted by Gasteiger charge is 2.12. The van der Waals surface area contributed by atoms with Gasteiger partial charge in [0, 0.05) is 11.3 Å². The first-order valence-corrected chi connectivity index (χ1v) is 8.53. The maximum absolute atomic E-state index is 12.4. The second kappa shape index (κ2) is 7.96. The van der Waals surface area contributed by atoms with Crippen LogP contribution in [0.1, 0.15) is 36.2 Å². The Bertz CT molecular complexity index is 869. The van der Waals surface area contributed by atoms with Crippen molar-refractivity contribution in [3.63, 3.8) is 0 Å². The fourth-order valence-corrected chi connectivity index (χ4v) is 2.38. The molecule has 0 aliphatic rings. The van der Waals surface area contributed by atoms with Crippen molar-refractivity contribution in [2.45, 2.75) is 32.3 Å². The van der Waals surface area contributed by atoms with Crippen LogP contribution in [-0.2, 0) is 6.42 Å². The largest absolute Gasteiger partial charge is 0.422 e. The third-order valence-electron chi connectivity index (χ3n) is 3.89. The standard InChI is InChI=1S/C19H21N5O3/c1-19(2,26)12-11-13-3-5-14(6-4-13)17(25)20-15-7-9-16(10-8-15)27-18-21-23-24-22-18/h3-10,26H,11-12H2,1-2H3,(H,20,25)(H,21,22,23,24). The van der Waals surface area contributed by atoms with Gasteiger partial charge in [0.2, 0.25) is 0 Å². The molecule has 0 spiro atoms. The summed E-state index contributed by atoms with van der Waals surface area (Å²) in [6, 6.07) is 14.3. The number of carbonyl (C=O) groups is 1. The minimum absolute atomic E-state index is 0.122. The van der Waals surface area contributed by atoms with Crippen LogP contribution in [0.5, 0.6) is 11.8 Å². The third kappa shape index (κ3) is 5.61. The van der Waals surface area contributed by atoms with Gasteiger partial charge < -0.3 is 15.2 Å². The van der Waals surface area contributed by atoms with Crippen LogP contribution in [-0.4, -0.2) is 37.2 Å². The predicted molar refractivity (Wildman–Crippen MR) is 99.7 cm³/mol. The van der Waals surface area contributed by atoms with Crippen molar-refractivity contribution in [1.29, 1.82) is 0 Å². The van der Waals surface area contributed by atoms with Crippen LogP contribution in [0.15, 0.2) is 48.5 Å². The average Bonchev–Trinajstić information content (AvgIpc) is 3.14. The number of aromatic nitrogens is 4. The molecule has 0 atom stereocenters. The number of H-pyrrole nitrogens is 1. The fourth-order valence-electron chi connectivity index (χ4n) is 2.38. The Hall–Kier alpha value is -3.26. The highest BCUT2D eigenvalue weighted by molar-refractivity contribution is 6.04. The molecule has 27 heavy (non-hydrogen) atoms. The number of ether oxygens (including phenoxy) is 1. The van der Waals surface area contributed by atoms with Crippen LogP contribution in [0.2, 0.25) is 0 Å². The summed E-state index contributed by atoms with van der Waals surface area (Å²) < 4.78 is 5.38. The van der Waals surface area contributed by atoms with Crippen LogP contribution in [0, 0.1) is 0 Å². The SMILES string of the molecule is CC(C)(O)CCc1ccc(C(=O)Nc2ccc(Oc3nn[nH]n3)cc2)cc1. The van der Waals surface area contributed by atoms with E-state index in [1.165, 1.54) is 0 Å². The van der Waals surface area contributed by atoms with Crippen molar-refractivity contribution in [2.24, 2.45) is 0 Å². The lowest BCUT2D eigenvalue weighted by Crippen LogP contribution is -2.19. The molecule has 0 aliphatic carbocycles. The predicted octanol–water partition coefficient (Wildman–Crippen LogP) is 2.95. The number of nitrogens with one attached hydrogen (secondary N) is 2. The smallest absolute Gasteiger partial charge is 0.361 e. The minimum Gasteiger partial charge on any atom is -0.422 e. The number of carbonyl (C=O) groups excluding carboxylic acids is 1. The van der Waals surface area contributed by atoms with Gasteiger partial charge in [-0.25, -0.2) is 0 Å². The fraction of sp³-hybridized carbons (Fsp3) is 0.263. The van der Waals surface area contributed by atoms with Crippen molar-refractivity contribution in [3.8, 4) is 11.8 Å². The van der Waals surface area contributed by atoms with E-state index in [9.17, 15) is 9.90 Å². The molecule has 3 rings (SSSR count). The molecule has 1 amide bonds. The number of aryl methyl sites for hydroxylation is 1. The van der Waals surface area contributed by atoms with Crippen LogP contribution in [0.4, 0.5) is 5.69 Å². The van der Waals surface area contributed by atoms with Gasteiger partial charge in [0.25, 0.3) is 5.91 Å². The zero-order chi connectivity index (χ0) is 19.3. The second-order valence-corrected chi connectivity index (χ2v) is 6.78. The lowest BCUT2D eigenvalue weighted by Gasteiger charge is -2.16. The number of nitrogens with zero attached hydrogens (tertiary/aromatic N) is 3. The van der Waals surface area contributed by atoms with Crippen LogP contribution in [0.25, 0.3) is 0 Å². The third-order valence-corrected chi connectivity index (χ3v) is 3.89. The maximum atomic E-state index is 12.4. The van der Waals surface area contributed by atoms with Crippen molar-refractivity contribution < 1.29 is 14.6 Å². The zero-order valence-electron chi connectivity index (χ0n) is 15.1. The molecule has 8 nitrogen and oxygen atoms in total. The molecule has 2 aromatic carbocycles. The molecule has 0 aliphatic heterocycles. The van der Waals surface area contributed by atoms with Crippen LogP contribution in [0.3, 0.4) is 0 Å². The number of rotatable bonds is 7. The first-order chi connectivity index (χ1) is 12.9. The van der Waals surface area contributed by atoms with E-state index < -0.39 is 5.60 Å². The monoisotopic (exact) mass is 367 g/mol. The number of aliphatic hydroxyl groups is 1. The van der Waals surface area contributed by atoms with E-state index in [-0.39, 0.29) is 11.9 Å². The van der Waals surface area contributed by atoms with Gasteiger partial charge in [-0.1, -0.05) is 22.3 Å². The first-order valence-electron chi connectivity index (χ1n) is 8.53. The molecule has 3 N–H and O–H groups in total. The highest BCUT2D eigenvalue weighted by atomic mass is 16.5. The molecule has 0 bridgehead atoms. The van der Waals surface area contributed by atoms with Crippen LogP contribution >= 0.6 is 0 Å². The van der Waals surface area contributed by atoms with Gasteiger partial charge in [-0.05, 0) is 73.9 Å². The van der Waals surface area contributed by atoms with Gasteiger partial charge in [0.15, 0.2) is 0 Å². The van der Waals surface area contributed by atoms with Crippen molar-refractivity contribution >= 4 is 11.6 Å². The molecule has 0 unspecified atom stereocenters. The number of aromatic amines is 1. The quantitative estimate of drug-likeness (QED) is 0.592. The molecule has 0 saturated heterocycles. The van der Waals surface area contributed by atoms with Gasteiger partial charge in [-0.15, -0.1) is 0 Å². The van der Waals surface area contributed by atoms with Gasteiger partial charge >= 0.3 is 6.01 Å². The molecule has 140 valence electrons. The topological polar surface area (TPSA) is 113 Å². The highest BCUT2D eigenvalue weighted by Crippen LogP contribution is 2.20. The van der Waals surface area contributed by atoms with E-state index in [4.69, 9.17) is 4.74 Å². The van der Waals surface area contributed by atoms with E-state index in [0.717, 1.165) is 12.0 Å². The molecule has 1 heterocycles. The summed E-state index contributed by atoms with van der Waals surface area (Å²) in [6.07, 6.45) is 1.42. The van der Waals surface area contributed by atoms with E-state index >= 15 is 0 Å². The summed E-state index contributed by atoms with van der Waals surface area (Å²) in [5.41, 5.74) is 1.59. The molecule has 1 aromatic heterocycles. The maximum Gasteiger partial charge on any atom is 0.361 e. The second-order valence-electron chi connectivity index (χ2n) is 6.78. The number of hydrogen-bond donors (Lipinski definition) is 3. The number of anilines is 1. The molecular weight excluding hydrogens is 346 g/mol. The normalized spacial score (nSPS) is 11.2. The number of benzene rings is 2. The molecule has 0 saturated carbocycles. The Balaban J connectivity index is 1.56. The van der Waals surface area contributed by atoms with Crippen molar-refractivity contribution in [3.05, 3.63) is 59.7 Å². The summed E-state index contributed by atoms with van der Waals surface area (Å²) in [5, 5.41) is 25.7. The summed E-state index contributed by atoms with van der Waals surface area (Å²) in [6.45, 7) is 3.57. The van der Waals surface area contributed by atoms with Crippen molar-refractivity contribution in [1.82, 2.24) is 20.6 Å². The van der Waals surface area contributed by atoms with E-state index in [0.29, 0.717) is 23.4 Å². The van der Waals surface area contributed by atoms with Gasteiger partial charge in [0.1, 0.15) is 5.75 Å². The summed E-state index contributed by atoms with van der Waals surface area (Å²) in [5.74, 6) is 0.335. The van der Waals surface area contributed by atoms with E-state index in [1.54, 1.807) is 50.2 Å². The number of amides is 1. The van der Waals surface area contributed by atoms with E-state index in [1.807, 2.05) is 12.1 Å². The van der Waals surface area contributed by atoms with Gasteiger partial charge in [0.05, 0.1) is 5.60 Å². The number of hydrogen-bond acceptors (Lipinski definition) is 6.